The molecule has 2 aliphatic heterocycles. The van der Waals surface area contributed by atoms with Gasteiger partial charge >= 0.3 is 0 Å². The summed E-state index contributed by atoms with van der Waals surface area (Å²) < 4.78 is 17.3. The maximum Gasteiger partial charge on any atom is 0.296 e. The predicted octanol–water partition coefficient (Wildman–Crippen LogP) is 4.24. The van der Waals surface area contributed by atoms with Crippen LogP contribution in [0, 0.1) is 0 Å². The molecule has 2 aromatic heterocycles. The van der Waals surface area contributed by atoms with E-state index in [9.17, 15) is 5.11 Å². The average molecular weight is 464 g/mol. The first kappa shape index (κ1) is 20.6. The van der Waals surface area contributed by atoms with E-state index in [0.29, 0.717) is 47.5 Å². The van der Waals surface area contributed by atoms with Crippen molar-refractivity contribution in [2.75, 3.05) is 13.2 Å². The van der Waals surface area contributed by atoms with Gasteiger partial charge in [0.15, 0.2) is 5.65 Å². The van der Waals surface area contributed by atoms with Crippen LogP contribution in [0.2, 0.25) is 5.02 Å². The van der Waals surface area contributed by atoms with Crippen molar-refractivity contribution in [3.63, 3.8) is 0 Å². The number of ether oxygens (including phenoxy) is 3. The third kappa shape index (κ3) is 3.98. The van der Waals surface area contributed by atoms with Gasteiger partial charge in [0, 0.05) is 12.0 Å². The lowest BCUT2D eigenvalue weighted by atomic mass is 10.0. The smallest absolute Gasteiger partial charge is 0.296 e. The van der Waals surface area contributed by atoms with Crippen molar-refractivity contribution in [1.82, 2.24) is 15.0 Å². The molecule has 2 aromatic carbocycles. The van der Waals surface area contributed by atoms with Crippen LogP contribution in [-0.2, 0) is 9.47 Å². The minimum absolute atomic E-state index is 0.166. The molecule has 168 valence electrons. The zero-order valence-corrected chi connectivity index (χ0v) is 18.4. The van der Waals surface area contributed by atoms with Crippen LogP contribution in [-0.4, -0.2) is 57.7 Å². The van der Waals surface area contributed by atoms with Gasteiger partial charge in [-0.3, -0.25) is 0 Å². The molecular weight excluding hydrogens is 442 g/mol. The molecule has 0 saturated carbocycles. The summed E-state index contributed by atoms with van der Waals surface area (Å²) in [5.74, 6) is 0. The third-order valence-electron chi connectivity index (χ3n) is 6.15. The molecule has 4 heterocycles. The molecule has 0 amide bonds. The van der Waals surface area contributed by atoms with Gasteiger partial charge in [0.05, 0.1) is 35.6 Å². The standard InChI is InChI=1S/C25H22ClN3O4/c26-18-11-19-24(28-22(18)16-8-6-15(7-9-16)14-4-2-1-3-5-14)29-25(27-19)33-17-10-21-23(32-12-17)20(30)13-31-21/h1-9,11,17,20-21,23,30H,10,12-13H2,(H,27,28,29)/t17-,20-,21+,23+/m1/s1. The molecule has 4 atom stereocenters. The lowest BCUT2D eigenvalue weighted by Crippen LogP contribution is -2.44. The first-order valence-corrected chi connectivity index (χ1v) is 11.3. The monoisotopic (exact) mass is 463 g/mol. The van der Waals surface area contributed by atoms with E-state index in [2.05, 4.69) is 39.2 Å². The molecule has 4 aromatic rings. The lowest BCUT2D eigenvalue weighted by Gasteiger charge is -2.31. The summed E-state index contributed by atoms with van der Waals surface area (Å²) in [6, 6.07) is 20.5. The molecule has 0 aliphatic carbocycles. The number of nitrogens with one attached hydrogen (secondary N) is 1. The van der Waals surface area contributed by atoms with Crippen LogP contribution in [0.1, 0.15) is 6.42 Å². The molecule has 7 nitrogen and oxygen atoms in total. The molecular formula is C25H22ClN3O4. The molecule has 2 saturated heterocycles. The summed E-state index contributed by atoms with van der Waals surface area (Å²) in [5, 5.41) is 10.4. The Morgan fingerprint density at radius 3 is 2.52 bits per heavy atom. The zero-order chi connectivity index (χ0) is 22.4. The highest BCUT2D eigenvalue weighted by Crippen LogP contribution is 2.32. The molecule has 0 spiro atoms. The van der Waals surface area contributed by atoms with Crippen LogP contribution in [0.3, 0.4) is 0 Å². The lowest BCUT2D eigenvalue weighted by molar-refractivity contribution is -0.111. The predicted molar refractivity (Wildman–Crippen MR) is 124 cm³/mol. The number of aromatic amines is 1. The number of rotatable bonds is 4. The Kier molecular flexibility index (Phi) is 5.27. The minimum Gasteiger partial charge on any atom is -0.459 e. The highest BCUT2D eigenvalue weighted by Gasteiger charge is 2.42. The van der Waals surface area contributed by atoms with Gasteiger partial charge in [0.2, 0.25) is 0 Å². The van der Waals surface area contributed by atoms with E-state index in [0.717, 1.165) is 16.7 Å². The Balaban J connectivity index is 1.22. The van der Waals surface area contributed by atoms with Gasteiger partial charge in [-0.1, -0.05) is 66.2 Å². The highest BCUT2D eigenvalue weighted by molar-refractivity contribution is 6.33. The fourth-order valence-corrected chi connectivity index (χ4v) is 4.73. The second-order valence-electron chi connectivity index (χ2n) is 8.39. The average Bonchev–Trinajstić information content (AvgIpc) is 3.41. The van der Waals surface area contributed by atoms with Crippen LogP contribution in [0.4, 0.5) is 0 Å². The fourth-order valence-electron chi connectivity index (χ4n) is 4.47. The Morgan fingerprint density at radius 2 is 1.70 bits per heavy atom. The largest absolute Gasteiger partial charge is 0.459 e. The van der Waals surface area contributed by atoms with Gasteiger partial charge in [0.1, 0.15) is 18.3 Å². The van der Waals surface area contributed by atoms with Crippen molar-refractivity contribution in [1.29, 1.82) is 0 Å². The van der Waals surface area contributed by atoms with Crippen LogP contribution in [0.15, 0.2) is 60.7 Å². The van der Waals surface area contributed by atoms with Crippen LogP contribution >= 0.6 is 11.6 Å². The molecule has 6 rings (SSSR count). The number of hydrogen-bond donors (Lipinski definition) is 2. The zero-order valence-electron chi connectivity index (χ0n) is 17.6. The number of hydrogen-bond acceptors (Lipinski definition) is 6. The summed E-state index contributed by atoms with van der Waals surface area (Å²) in [7, 11) is 0. The number of nitrogens with zero attached hydrogens (tertiary/aromatic N) is 2. The Bertz CT molecular complexity index is 1280. The number of fused-ring (bicyclic) bond motifs is 2. The summed E-state index contributed by atoms with van der Waals surface area (Å²) >= 11 is 6.56. The van der Waals surface area contributed by atoms with E-state index in [-0.39, 0.29) is 18.3 Å². The molecule has 0 radical (unpaired) electrons. The van der Waals surface area contributed by atoms with Gasteiger partial charge in [-0.15, -0.1) is 0 Å². The molecule has 2 fully saturated rings. The van der Waals surface area contributed by atoms with Crippen molar-refractivity contribution in [2.24, 2.45) is 0 Å². The SMILES string of the molecule is O[C@@H]1CO[C@H]2C[C@@H](Oc3nc4nc(-c5ccc(-c6ccccc6)cc5)c(Cl)cc4[nH]3)CO[C@@H]12. The van der Waals surface area contributed by atoms with Crippen molar-refractivity contribution < 1.29 is 19.3 Å². The topological polar surface area (TPSA) is 89.5 Å². The Labute approximate surface area is 195 Å². The minimum atomic E-state index is -0.575. The highest BCUT2D eigenvalue weighted by atomic mass is 35.5. The van der Waals surface area contributed by atoms with E-state index in [1.165, 1.54) is 0 Å². The van der Waals surface area contributed by atoms with E-state index >= 15 is 0 Å². The maximum absolute atomic E-state index is 9.88. The van der Waals surface area contributed by atoms with E-state index < -0.39 is 6.10 Å². The summed E-state index contributed by atoms with van der Waals surface area (Å²) in [5.41, 5.74) is 5.08. The van der Waals surface area contributed by atoms with Gasteiger partial charge in [-0.05, 0) is 17.2 Å². The normalized spacial score (nSPS) is 24.7. The van der Waals surface area contributed by atoms with E-state index in [4.69, 9.17) is 25.8 Å². The number of aromatic nitrogens is 3. The van der Waals surface area contributed by atoms with Crippen molar-refractivity contribution >= 4 is 22.8 Å². The summed E-state index contributed by atoms with van der Waals surface area (Å²) in [6.07, 6.45) is -0.615. The first-order chi connectivity index (χ1) is 16.1. The number of H-pyrrole nitrogens is 1. The van der Waals surface area contributed by atoms with Gasteiger partial charge in [0.25, 0.3) is 6.01 Å². The second kappa shape index (κ2) is 8.43. The number of aliphatic hydroxyl groups is 1. The molecule has 2 N–H and O–H groups in total. The van der Waals surface area contributed by atoms with Crippen molar-refractivity contribution in [3.8, 4) is 28.4 Å². The van der Waals surface area contributed by atoms with Gasteiger partial charge < -0.3 is 24.3 Å². The number of pyridine rings is 1. The molecule has 0 bridgehead atoms. The van der Waals surface area contributed by atoms with Gasteiger partial charge in [-0.25, -0.2) is 4.98 Å². The Morgan fingerprint density at radius 1 is 0.939 bits per heavy atom. The van der Waals surface area contributed by atoms with Crippen LogP contribution in [0.25, 0.3) is 33.5 Å². The van der Waals surface area contributed by atoms with Crippen molar-refractivity contribution in [2.45, 2.75) is 30.8 Å². The number of imidazole rings is 1. The molecule has 2 aliphatic rings. The second-order valence-corrected chi connectivity index (χ2v) is 8.80. The molecule has 33 heavy (non-hydrogen) atoms. The fraction of sp³-hybridized carbons (Fsp3) is 0.280. The summed E-state index contributed by atoms with van der Waals surface area (Å²) in [6.45, 7) is 0.663. The molecule has 0 unspecified atom stereocenters. The van der Waals surface area contributed by atoms with Crippen molar-refractivity contribution in [3.05, 3.63) is 65.7 Å². The summed E-state index contributed by atoms with van der Waals surface area (Å²) in [4.78, 5) is 12.3. The quantitative estimate of drug-likeness (QED) is 0.470. The first-order valence-electron chi connectivity index (χ1n) is 10.9. The number of benzene rings is 2. The van der Waals surface area contributed by atoms with E-state index in [1.54, 1.807) is 0 Å². The van der Waals surface area contributed by atoms with E-state index in [1.807, 2.05) is 36.4 Å². The van der Waals surface area contributed by atoms with Gasteiger partial charge in [-0.2, -0.15) is 4.98 Å². The van der Waals surface area contributed by atoms with Crippen LogP contribution in [0.5, 0.6) is 6.01 Å². The maximum atomic E-state index is 9.88. The van der Waals surface area contributed by atoms with Crippen LogP contribution < -0.4 is 4.74 Å². The Hall–Kier alpha value is -2.97. The number of halogens is 1. The number of aliphatic hydroxyl groups excluding tert-OH is 1. The third-order valence-corrected chi connectivity index (χ3v) is 6.43. The molecule has 8 heteroatoms.